The number of hydrogen-bond donors (Lipinski definition) is 0. The van der Waals surface area contributed by atoms with Crippen molar-refractivity contribution in [3.05, 3.63) is 52.5 Å². The van der Waals surface area contributed by atoms with Crippen molar-refractivity contribution in [1.82, 2.24) is 10.1 Å². The monoisotopic (exact) mass is 472 g/mol. The topological polar surface area (TPSA) is 82.3 Å². The van der Waals surface area contributed by atoms with E-state index in [2.05, 4.69) is 26.0 Å². The summed E-state index contributed by atoms with van der Waals surface area (Å²) in [4.78, 5) is 18.5. The van der Waals surface area contributed by atoms with Gasteiger partial charge in [0.1, 0.15) is 5.75 Å². The number of carbonyl (C=O) groups excluding carboxylic acids is 1. The number of carbonyl (C=O) groups is 1. The van der Waals surface area contributed by atoms with E-state index in [1.165, 1.54) is 18.7 Å². The summed E-state index contributed by atoms with van der Waals surface area (Å²) < 4.78 is 7.67. The third kappa shape index (κ3) is 3.24. The molecule has 2 heterocycles. The molecule has 1 aliphatic rings. The number of rotatable bonds is 3. The average molecular weight is 473 g/mol. The van der Waals surface area contributed by atoms with Gasteiger partial charge in [-0.15, -0.1) is 0 Å². The van der Waals surface area contributed by atoms with Gasteiger partial charge in [-0.3, -0.25) is 4.79 Å². The number of amides is 1. The fourth-order valence-corrected chi connectivity index (χ4v) is 4.41. The molecule has 1 atom stereocenters. The van der Waals surface area contributed by atoms with Gasteiger partial charge >= 0.3 is 0 Å². The first-order chi connectivity index (χ1) is 14.0. The number of methoxy groups -OCH3 is 1. The molecule has 1 amide bonds. The van der Waals surface area contributed by atoms with Crippen molar-refractivity contribution in [2.24, 2.45) is 0 Å². The Labute approximate surface area is 180 Å². The number of halogens is 1. The maximum Gasteiger partial charge on any atom is 0.293 e. The van der Waals surface area contributed by atoms with Crippen LogP contribution in [-0.2, 0) is 4.79 Å². The zero-order valence-corrected chi connectivity index (χ0v) is 18.3. The predicted molar refractivity (Wildman–Crippen MR) is 111 cm³/mol. The summed E-state index contributed by atoms with van der Waals surface area (Å²) in [6.07, 6.45) is 1.17. The van der Waals surface area contributed by atoms with Crippen molar-refractivity contribution in [3.63, 3.8) is 0 Å². The van der Waals surface area contributed by atoms with Crippen LogP contribution >= 0.6 is 27.7 Å². The van der Waals surface area contributed by atoms with Crippen LogP contribution in [0.2, 0.25) is 0 Å². The van der Waals surface area contributed by atoms with Crippen LogP contribution < -0.4 is 19.4 Å². The van der Waals surface area contributed by atoms with Crippen LogP contribution in [0.25, 0.3) is 11.3 Å². The average Bonchev–Trinajstić information content (AvgIpc) is 2.71. The van der Waals surface area contributed by atoms with E-state index in [-0.39, 0.29) is 11.8 Å². The molecule has 0 saturated heterocycles. The van der Waals surface area contributed by atoms with Gasteiger partial charge in [0.25, 0.3) is 17.0 Å². The van der Waals surface area contributed by atoms with E-state index in [4.69, 9.17) is 4.74 Å². The third-order valence-corrected chi connectivity index (χ3v) is 5.87. The normalized spacial score (nSPS) is 14.9. The molecule has 0 radical (unpaired) electrons. The Morgan fingerprint density at radius 2 is 2.07 bits per heavy atom. The molecule has 0 saturated carbocycles. The first kappa shape index (κ1) is 19.7. The first-order valence-electron chi connectivity index (χ1n) is 8.73. The summed E-state index contributed by atoms with van der Waals surface area (Å²) in [7, 11) is 1.59. The van der Waals surface area contributed by atoms with Gasteiger partial charge in [0.15, 0.2) is 0 Å². The smallest absolute Gasteiger partial charge is 0.293 e. The molecular formula is C20H17BrN4O3S. The number of anilines is 1. The molecule has 0 N–H and O–H groups in total. The zero-order chi connectivity index (χ0) is 20.7. The first-order valence-corrected chi connectivity index (χ1v) is 10.8. The van der Waals surface area contributed by atoms with E-state index in [0.717, 1.165) is 10.0 Å². The minimum atomic E-state index is -0.638. The molecule has 7 nitrogen and oxygen atoms in total. The van der Waals surface area contributed by atoms with E-state index in [1.807, 2.05) is 36.4 Å². The van der Waals surface area contributed by atoms with Crippen LogP contribution in [-0.4, -0.2) is 29.4 Å². The minimum absolute atomic E-state index is 0.163. The lowest BCUT2D eigenvalue weighted by molar-refractivity contribution is -0.764. The Hall–Kier alpha value is -2.65. The summed E-state index contributed by atoms with van der Waals surface area (Å²) >= 11 is 4.79. The highest BCUT2D eigenvalue weighted by Crippen LogP contribution is 2.41. The highest BCUT2D eigenvalue weighted by molar-refractivity contribution is 9.10. The molecule has 3 aromatic rings. The molecule has 1 aromatic heterocycles. The summed E-state index contributed by atoms with van der Waals surface area (Å²) in [5, 5.41) is 17.8. The molecule has 2 aromatic carbocycles. The van der Waals surface area contributed by atoms with Gasteiger partial charge < -0.3 is 9.84 Å². The van der Waals surface area contributed by atoms with Crippen LogP contribution in [0, 0.1) is 0 Å². The molecule has 0 spiro atoms. The maximum atomic E-state index is 12.9. The van der Waals surface area contributed by atoms with E-state index >= 15 is 0 Å². The van der Waals surface area contributed by atoms with Crippen LogP contribution in [0.15, 0.2) is 52.1 Å². The number of nitrogens with zero attached hydrogens (tertiary/aromatic N) is 4. The zero-order valence-electron chi connectivity index (χ0n) is 15.9. The fraction of sp³-hybridized carbons (Fsp3) is 0.200. The fourth-order valence-electron chi connectivity index (χ4n) is 3.50. The summed E-state index contributed by atoms with van der Waals surface area (Å²) in [5.41, 5.74) is 2.41. The third-order valence-electron chi connectivity index (χ3n) is 4.71. The van der Waals surface area contributed by atoms with Crippen molar-refractivity contribution in [2.75, 3.05) is 18.3 Å². The second kappa shape index (κ2) is 7.64. The second-order valence-corrected chi connectivity index (χ2v) is 8.00. The SMILES string of the molecule is COc1ccc(C2N(C(C)=O)c3ccccc3-c3c([O-])nc(SC)n[n+]32)cc1Br. The Kier molecular flexibility index (Phi) is 5.18. The Bertz CT molecular complexity index is 1120. The molecule has 29 heavy (non-hydrogen) atoms. The second-order valence-electron chi connectivity index (χ2n) is 6.37. The molecular weight excluding hydrogens is 456 g/mol. The summed E-state index contributed by atoms with van der Waals surface area (Å²) in [5.74, 6) is 0.128. The van der Waals surface area contributed by atoms with E-state index in [0.29, 0.717) is 27.9 Å². The number of fused-ring (bicyclic) bond motifs is 3. The number of aromatic nitrogens is 3. The molecule has 1 unspecified atom stereocenters. The predicted octanol–water partition coefficient (Wildman–Crippen LogP) is 2.91. The largest absolute Gasteiger partial charge is 0.854 e. The quantitative estimate of drug-likeness (QED) is 0.430. The Balaban J connectivity index is 2.05. The van der Waals surface area contributed by atoms with Gasteiger partial charge in [-0.05, 0) is 52.5 Å². The van der Waals surface area contributed by atoms with Gasteiger partial charge in [0.2, 0.25) is 5.91 Å². The van der Waals surface area contributed by atoms with Crippen molar-refractivity contribution >= 4 is 39.3 Å². The van der Waals surface area contributed by atoms with E-state index < -0.39 is 6.17 Å². The number of para-hydroxylation sites is 1. The summed E-state index contributed by atoms with van der Waals surface area (Å²) in [6.45, 7) is 1.50. The number of benzene rings is 2. The van der Waals surface area contributed by atoms with Gasteiger partial charge in [0.05, 0.1) is 28.7 Å². The number of ether oxygens (including phenoxy) is 1. The lowest BCUT2D eigenvalue weighted by Gasteiger charge is -2.33. The van der Waals surface area contributed by atoms with Crippen molar-refractivity contribution in [1.29, 1.82) is 0 Å². The van der Waals surface area contributed by atoms with Gasteiger partial charge in [-0.1, -0.05) is 28.6 Å². The van der Waals surface area contributed by atoms with Crippen LogP contribution in [0.1, 0.15) is 18.7 Å². The molecule has 4 rings (SSSR count). The maximum absolute atomic E-state index is 12.9. The molecule has 0 fully saturated rings. The molecule has 0 bridgehead atoms. The van der Waals surface area contributed by atoms with Crippen molar-refractivity contribution in [2.45, 2.75) is 18.2 Å². The van der Waals surface area contributed by atoms with Gasteiger partial charge in [-0.2, -0.15) is 0 Å². The Morgan fingerprint density at radius 1 is 1.31 bits per heavy atom. The standard InChI is InChI=1S/C20H17BrN4O3S/c1-11(26)24-15-7-5-4-6-13(15)17-18(27)22-20(29-3)23-25(17)19(24)12-8-9-16(28-2)14(21)10-12/h4-10,19H,1-3H3. The highest BCUT2D eigenvalue weighted by Gasteiger charge is 2.43. The van der Waals surface area contributed by atoms with Crippen LogP contribution in [0.4, 0.5) is 5.69 Å². The van der Waals surface area contributed by atoms with E-state index in [1.54, 1.807) is 29.0 Å². The van der Waals surface area contributed by atoms with Gasteiger partial charge in [-0.25, -0.2) is 9.88 Å². The van der Waals surface area contributed by atoms with Crippen LogP contribution in [0.5, 0.6) is 11.6 Å². The summed E-state index contributed by atoms with van der Waals surface area (Å²) in [6, 6.07) is 12.8. The van der Waals surface area contributed by atoms with Crippen molar-refractivity contribution < 1.29 is 19.3 Å². The number of hydrogen-bond acceptors (Lipinski definition) is 6. The van der Waals surface area contributed by atoms with E-state index in [9.17, 15) is 9.90 Å². The van der Waals surface area contributed by atoms with Crippen LogP contribution in [0.3, 0.4) is 0 Å². The van der Waals surface area contributed by atoms with Gasteiger partial charge in [0, 0.05) is 17.6 Å². The molecule has 9 heteroatoms. The molecule has 1 aliphatic heterocycles. The van der Waals surface area contributed by atoms with Crippen molar-refractivity contribution in [3.8, 4) is 22.9 Å². The lowest BCUT2D eigenvalue weighted by Crippen LogP contribution is -2.58. The molecule has 0 aliphatic carbocycles. The minimum Gasteiger partial charge on any atom is -0.854 e. The number of thioether (sulfide) groups is 1. The molecule has 148 valence electrons. The highest BCUT2D eigenvalue weighted by atomic mass is 79.9. The Morgan fingerprint density at radius 3 is 2.72 bits per heavy atom. The lowest BCUT2D eigenvalue weighted by atomic mass is 10.0.